The van der Waals surface area contributed by atoms with Crippen molar-refractivity contribution in [2.75, 3.05) is 13.2 Å². The largest absolute Gasteiger partial charge is 0.462 e. The molecule has 488 valence electrons. The van der Waals surface area contributed by atoms with E-state index in [4.69, 9.17) is 14.2 Å². The number of ether oxygens (including phenoxy) is 3. The van der Waals surface area contributed by atoms with E-state index in [0.29, 0.717) is 19.3 Å². The van der Waals surface area contributed by atoms with Crippen LogP contribution in [0, 0.1) is 0 Å². The maximum Gasteiger partial charge on any atom is 0.306 e. The highest BCUT2D eigenvalue weighted by molar-refractivity contribution is 5.71. The molecule has 0 saturated carbocycles. The van der Waals surface area contributed by atoms with Crippen molar-refractivity contribution in [3.63, 3.8) is 0 Å². The van der Waals surface area contributed by atoms with Gasteiger partial charge < -0.3 is 14.2 Å². The van der Waals surface area contributed by atoms with Crippen LogP contribution >= 0.6 is 0 Å². The van der Waals surface area contributed by atoms with Gasteiger partial charge in [0.25, 0.3) is 0 Å². The minimum absolute atomic E-state index is 0.0716. The van der Waals surface area contributed by atoms with Crippen molar-refractivity contribution in [1.29, 1.82) is 0 Å². The van der Waals surface area contributed by atoms with Gasteiger partial charge in [-0.2, -0.15) is 0 Å². The molecule has 0 radical (unpaired) electrons. The van der Waals surface area contributed by atoms with Crippen molar-refractivity contribution in [1.82, 2.24) is 0 Å². The molecule has 0 aromatic carbocycles. The second-order valence-electron chi connectivity index (χ2n) is 25.6. The molecule has 83 heavy (non-hydrogen) atoms. The first-order chi connectivity index (χ1) is 41.0. The molecule has 0 fully saturated rings. The SMILES string of the molecule is CCCCCCCC/C=C\CCCCCCCCCC(=O)OC(COC(=O)CCCCCCC/C=C\CCCCCCCC)COC(=O)CCCCCCCCCCCCCCCCCCCCCCC/C=C\CCCCCCCCCC. The predicted molar refractivity (Wildman–Crippen MR) is 362 cm³/mol. The van der Waals surface area contributed by atoms with Gasteiger partial charge in [-0.3, -0.25) is 14.4 Å². The Morgan fingerprint density at radius 3 is 0.602 bits per heavy atom. The number of esters is 3. The molecule has 0 bridgehead atoms. The summed E-state index contributed by atoms with van der Waals surface area (Å²) in [7, 11) is 0. The minimum Gasteiger partial charge on any atom is -0.462 e. The Morgan fingerprint density at radius 2 is 0.398 bits per heavy atom. The van der Waals surface area contributed by atoms with Crippen LogP contribution in [0.2, 0.25) is 0 Å². The Kier molecular flexibility index (Phi) is 70.0. The standard InChI is InChI=1S/C77H144O6/c1-4-7-10-13-16-19-22-25-28-30-31-32-33-34-35-36-37-38-39-40-41-42-43-44-45-47-49-52-55-58-61-64-67-70-76(79)82-73-74(72-81-75(78)69-66-63-60-57-54-51-48-27-24-21-18-15-12-9-6-3)83-77(80)71-68-65-62-59-56-53-50-46-29-26-23-20-17-14-11-8-5-2/h26-27,29-31,48,74H,4-25,28,32-47,49-73H2,1-3H3/b29-26-,31-30-,48-27-. The van der Waals surface area contributed by atoms with E-state index in [2.05, 4.69) is 57.2 Å². The highest BCUT2D eigenvalue weighted by Crippen LogP contribution is 2.19. The Labute approximate surface area is 518 Å². The average molecular weight is 1170 g/mol. The van der Waals surface area contributed by atoms with Gasteiger partial charge in [0.15, 0.2) is 6.10 Å². The number of hydrogen-bond donors (Lipinski definition) is 0. The van der Waals surface area contributed by atoms with Crippen LogP contribution in [-0.2, 0) is 28.6 Å². The maximum atomic E-state index is 12.9. The number of carbonyl (C=O) groups is 3. The lowest BCUT2D eigenvalue weighted by Crippen LogP contribution is -2.30. The zero-order valence-corrected chi connectivity index (χ0v) is 56.2. The molecule has 0 aromatic rings. The van der Waals surface area contributed by atoms with Crippen molar-refractivity contribution in [3.05, 3.63) is 36.5 Å². The van der Waals surface area contributed by atoms with Crippen LogP contribution in [0.15, 0.2) is 36.5 Å². The molecule has 0 amide bonds. The fraction of sp³-hybridized carbons (Fsp3) is 0.883. The van der Waals surface area contributed by atoms with E-state index >= 15 is 0 Å². The average Bonchev–Trinajstić information content (AvgIpc) is 3.49. The summed E-state index contributed by atoms with van der Waals surface area (Å²) in [6.45, 7) is 6.69. The summed E-state index contributed by atoms with van der Waals surface area (Å²) in [6.07, 6.45) is 90.6. The highest BCUT2D eigenvalue weighted by atomic mass is 16.6. The van der Waals surface area contributed by atoms with E-state index in [1.807, 2.05) is 0 Å². The van der Waals surface area contributed by atoms with Crippen molar-refractivity contribution >= 4 is 17.9 Å². The van der Waals surface area contributed by atoms with Gasteiger partial charge in [0, 0.05) is 19.3 Å². The van der Waals surface area contributed by atoms with Crippen LogP contribution in [0.1, 0.15) is 419 Å². The molecule has 0 aliphatic heterocycles. The molecule has 0 spiro atoms. The Balaban J connectivity index is 4.14. The smallest absolute Gasteiger partial charge is 0.306 e. The Hall–Kier alpha value is -2.37. The molecule has 0 heterocycles. The van der Waals surface area contributed by atoms with Crippen molar-refractivity contribution in [3.8, 4) is 0 Å². The Morgan fingerprint density at radius 1 is 0.229 bits per heavy atom. The maximum absolute atomic E-state index is 12.9. The topological polar surface area (TPSA) is 78.9 Å². The third-order valence-electron chi connectivity index (χ3n) is 17.1. The fourth-order valence-electron chi connectivity index (χ4n) is 11.4. The van der Waals surface area contributed by atoms with Gasteiger partial charge in [-0.1, -0.05) is 340 Å². The molecular formula is C77H144O6. The summed E-state index contributed by atoms with van der Waals surface area (Å²) in [4.78, 5) is 38.4. The van der Waals surface area contributed by atoms with Crippen LogP contribution in [0.4, 0.5) is 0 Å². The molecule has 0 rings (SSSR count). The number of carbonyl (C=O) groups excluding carboxylic acids is 3. The van der Waals surface area contributed by atoms with Gasteiger partial charge in [-0.05, 0) is 96.3 Å². The molecule has 1 atom stereocenters. The Bertz CT molecular complexity index is 1380. The van der Waals surface area contributed by atoms with E-state index in [0.717, 1.165) is 64.2 Å². The van der Waals surface area contributed by atoms with Crippen LogP contribution in [0.5, 0.6) is 0 Å². The molecule has 6 nitrogen and oxygen atoms in total. The molecule has 0 aromatic heterocycles. The second-order valence-corrected chi connectivity index (χ2v) is 25.6. The zero-order chi connectivity index (χ0) is 59.9. The van der Waals surface area contributed by atoms with Gasteiger partial charge in [0.05, 0.1) is 0 Å². The lowest BCUT2D eigenvalue weighted by Gasteiger charge is -2.18. The highest BCUT2D eigenvalue weighted by Gasteiger charge is 2.20. The number of allylic oxidation sites excluding steroid dienone is 6. The zero-order valence-electron chi connectivity index (χ0n) is 56.2. The number of rotatable bonds is 70. The van der Waals surface area contributed by atoms with Crippen molar-refractivity contribution < 1.29 is 28.6 Å². The van der Waals surface area contributed by atoms with Crippen molar-refractivity contribution in [2.24, 2.45) is 0 Å². The first-order valence-corrected chi connectivity index (χ1v) is 37.5. The van der Waals surface area contributed by atoms with Gasteiger partial charge in [0.2, 0.25) is 0 Å². The summed E-state index contributed by atoms with van der Waals surface area (Å²) in [6, 6.07) is 0. The quantitative estimate of drug-likeness (QED) is 0.0261. The molecule has 0 aliphatic carbocycles. The summed E-state index contributed by atoms with van der Waals surface area (Å²) in [5, 5.41) is 0. The van der Waals surface area contributed by atoms with E-state index in [1.54, 1.807) is 0 Å². The molecule has 0 N–H and O–H groups in total. The lowest BCUT2D eigenvalue weighted by molar-refractivity contribution is -0.167. The molecule has 1 unspecified atom stereocenters. The minimum atomic E-state index is -0.777. The summed E-state index contributed by atoms with van der Waals surface area (Å²) < 4.78 is 17.0. The second kappa shape index (κ2) is 72.1. The monoisotopic (exact) mass is 1170 g/mol. The fourth-order valence-corrected chi connectivity index (χ4v) is 11.4. The van der Waals surface area contributed by atoms with Gasteiger partial charge in [-0.15, -0.1) is 0 Å². The normalized spacial score (nSPS) is 12.2. The number of hydrogen-bond acceptors (Lipinski definition) is 6. The van der Waals surface area contributed by atoms with Gasteiger partial charge in [0.1, 0.15) is 13.2 Å². The van der Waals surface area contributed by atoms with Crippen LogP contribution in [0.25, 0.3) is 0 Å². The van der Waals surface area contributed by atoms with E-state index in [1.165, 1.54) is 315 Å². The molecule has 0 saturated heterocycles. The van der Waals surface area contributed by atoms with Crippen LogP contribution < -0.4 is 0 Å². The number of unbranched alkanes of at least 4 members (excludes halogenated alkanes) is 53. The van der Waals surface area contributed by atoms with Crippen molar-refractivity contribution in [2.45, 2.75) is 425 Å². The third-order valence-corrected chi connectivity index (χ3v) is 17.1. The summed E-state index contributed by atoms with van der Waals surface area (Å²) in [5.74, 6) is -0.856. The predicted octanol–water partition coefficient (Wildman–Crippen LogP) is 25.9. The molecule has 6 heteroatoms. The third kappa shape index (κ3) is 70.3. The van der Waals surface area contributed by atoms with Gasteiger partial charge >= 0.3 is 17.9 Å². The molecular weight excluding hydrogens is 1020 g/mol. The lowest BCUT2D eigenvalue weighted by atomic mass is 10.0. The first-order valence-electron chi connectivity index (χ1n) is 37.5. The first kappa shape index (κ1) is 80.6. The van der Waals surface area contributed by atoms with Crippen LogP contribution in [-0.4, -0.2) is 37.2 Å². The van der Waals surface area contributed by atoms with Crippen LogP contribution in [0.3, 0.4) is 0 Å². The van der Waals surface area contributed by atoms with E-state index < -0.39 is 6.10 Å². The van der Waals surface area contributed by atoms with Gasteiger partial charge in [-0.25, -0.2) is 0 Å². The summed E-state index contributed by atoms with van der Waals surface area (Å²) in [5.41, 5.74) is 0. The van der Waals surface area contributed by atoms with E-state index in [9.17, 15) is 14.4 Å². The molecule has 0 aliphatic rings. The summed E-state index contributed by atoms with van der Waals surface area (Å²) >= 11 is 0. The van der Waals surface area contributed by atoms with E-state index in [-0.39, 0.29) is 31.1 Å².